The van der Waals surface area contributed by atoms with Crippen molar-refractivity contribution in [2.75, 3.05) is 19.7 Å². The first kappa shape index (κ1) is 14.1. The summed E-state index contributed by atoms with van der Waals surface area (Å²) in [5, 5.41) is 16.1. The van der Waals surface area contributed by atoms with Crippen molar-refractivity contribution in [3.63, 3.8) is 0 Å². The van der Waals surface area contributed by atoms with Gasteiger partial charge < -0.3 is 5.11 Å². The molecule has 0 atom stereocenters. The Bertz CT molecular complexity index is 344. The molecule has 0 amide bonds. The van der Waals surface area contributed by atoms with Gasteiger partial charge in [0.05, 0.1) is 18.8 Å². The number of halogens is 4. The molecule has 0 radical (unpaired) electrons. The van der Waals surface area contributed by atoms with Crippen molar-refractivity contribution in [2.45, 2.75) is 12.7 Å². The summed E-state index contributed by atoms with van der Waals surface area (Å²) in [6.45, 7) is -1.57. The van der Waals surface area contributed by atoms with Crippen molar-refractivity contribution in [3.05, 3.63) is 23.0 Å². The van der Waals surface area contributed by atoms with Crippen molar-refractivity contribution < 1.29 is 18.3 Å². The summed E-state index contributed by atoms with van der Waals surface area (Å²) >= 11 is 5.51. The molecule has 0 unspecified atom stereocenters. The van der Waals surface area contributed by atoms with E-state index in [9.17, 15) is 13.2 Å². The van der Waals surface area contributed by atoms with Crippen LogP contribution in [0.15, 0.2) is 12.1 Å². The molecule has 0 spiro atoms. The van der Waals surface area contributed by atoms with E-state index in [0.29, 0.717) is 5.69 Å². The Morgan fingerprint density at radius 2 is 2.00 bits per heavy atom. The van der Waals surface area contributed by atoms with Gasteiger partial charge in [-0.05, 0) is 12.1 Å². The van der Waals surface area contributed by atoms with Crippen molar-refractivity contribution >= 4 is 11.6 Å². The minimum absolute atomic E-state index is 0.0375. The number of hydrogen-bond donors (Lipinski definition) is 1. The monoisotopic (exact) mass is 269 g/mol. The summed E-state index contributed by atoms with van der Waals surface area (Å²) in [5.41, 5.74) is 0.368. The van der Waals surface area contributed by atoms with Crippen LogP contribution >= 0.6 is 11.6 Å². The molecule has 0 saturated carbocycles. The normalized spacial score (nSPS) is 12.1. The largest absolute Gasteiger partial charge is 0.401 e. The quantitative estimate of drug-likeness (QED) is 0.880. The Kier molecular flexibility index (Phi) is 5.10. The molecule has 1 aromatic rings. The number of hydrogen-bond acceptors (Lipinski definition) is 4. The molecule has 0 bridgehead atoms. The van der Waals surface area contributed by atoms with Gasteiger partial charge in [-0.2, -0.15) is 18.3 Å². The van der Waals surface area contributed by atoms with Crippen LogP contribution in [-0.4, -0.2) is 46.1 Å². The van der Waals surface area contributed by atoms with Gasteiger partial charge in [0.1, 0.15) is 0 Å². The third-order valence-corrected chi connectivity index (χ3v) is 2.09. The van der Waals surface area contributed by atoms with Crippen molar-refractivity contribution in [1.82, 2.24) is 15.1 Å². The van der Waals surface area contributed by atoms with Crippen LogP contribution in [-0.2, 0) is 6.54 Å². The molecule has 1 N–H and O–H groups in total. The molecule has 0 aliphatic carbocycles. The number of aliphatic hydroxyl groups excluding tert-OH is 1. The summed E-state index contributed by atoms with van der Waals surface area (Å²) in [7, 11) is 0. The summed E-state index contributed by atoms with van der Waals surface area (Å²) in [6, 6.07) is 2.95. The predicted octanol–water partition coefficient (Wildman–Crippen LogP) is 1.49. The van der Waals surface area contributed by atoms with Gasteiger partial charge >= 0.3 is 6.18 Å². The first-order valence-electron chi connectivity index (χ1n) is 4.79. The van der Waals surface area contributed by atoms with E-state index < -0.39 is 12.7 Å². The van der Waals surface area contributed by atoms with Gasteiger partial charge in [-0.3, -0.25) is 4.90 Å². The SMILES string of the molecule is OCCN(Cc1ccc(Cl)nn1)CC(F)(F)F. The average molecular weight is 270 g/mol. The standard InChI is InChI=1S/C9H11ClF3N3O/c10-8-2-1-7(14-15-8)5-16(3-4-17)6-9(11,12)13/h1-2,17H,3-6H2. The number of aliphatic hydroxyl groups is 1. The molecule has 0 aromatic carbocycles. The molecule has 1 heterocycles. The second-order valence-electron chi connectivity index (χ2n) is 3.40. The lowest BCUT2D eigenvalue weighted by Gasteiger charge is -2.21. The molecule has 8 heteroatoms. The number of nitrogens with zero attached hydrogens (tertiary/aromatic N) is 3. The Balaban J connectivity index is 2.63. The molecule has 17 heavy (non-hydrogen) atoms. The van der Waals surface area contributed by atoms with Gasteiger partial charge in [-0.25, -0.2) is 0 Å². The number of aromatic nitrogens is 2. The zero-order valence-corrected chi connectivity index (χ0v) is 9.54. The maximum atomic E-state index is 12.2. The fraction of sp³-hybridized carbons (Fsp3) is 0.556. The molecule has 96 valence electrons. The summed E-state index contributed by atoms with van der Waals surface area (Å²) in [6.07, 6.45) is -4.31. The highest BCUT2D eigenvalue weighted by Gasteiger charge is 2.30. The van der Waals surface area contributed by atoms with E-state index in [1.807, 2.05) is 0 Å². The van der Waals surface area contributed by atoms with Crippen LogP contribution in [0.5, 0.6) is 0 Å². The zero-order valence-electron chi connectivity index (χ0n) is 8.78. The summed E-state index contributed by atoms with van der Waals surface area (Å²) < 4.78 is 36.6. The molecule has 1 rings (SSSR count). The molecule has 0 fully saturated rings. The zero-order chi connectivity index (χ0) is 12.9. The third-order valence-electron chi connectivity index (χ3n) is 1.89. The van der Waals surface area contributed by atoms with Crippen LogP contribution in [0.4, 0.5) is 13.2 Å². The van der Waals surface area contributed by atoms with Crippen LogP contribution in [0.3, 0.4) is 0 Å². The average Bonchev–Trinajstić information content (AvgIpc) is 2.19. The fourth-order valence-electron chi connectivity index (χ4n) is 1.27. The highest BCUT2D eigenvalue weighted by atomic mass is 35.5. The van der Waals surface area contributed by atoms with Crippen LogP contribution in [0, 0.1) is 0 Å². The lowest BCUT2D eigenvalue weighted by atomic mass is 10.3. The molecule has 0 saturated heterocycles. The maximum Gasteiger partial charge on any atom is 0.401 e. The molecule has 0 aliphatic rings. The van der Waals surface area contributed by atoms with Crippen LogP contribution < -0.4 is 0 Å². The number of alkyl halides is 3. The van der Waals surface area contributed by atoms with Crippen molar-refractivity contribution in [1.29, 1.82) is 0 Å². The minimum Gasteiger partial charge on any atom is -0.395 e. The first-order chi connectivity index (χ1) is 7.90. The maximum absolute atomic E-state index is 12.2. The minimum atomic E-state index is -4.31. The van der Waals surface area contributed by atoms with Gasteiger partial charge in [0, 0.05) is 13.1 Å². The second kappa shape index (κ2) is 6.13. The van der Waals surface area contributed by atoms with Crippen LogP contribution in [0.1, 0.15) is 5.69 Å². The Hall–Kier alpha value is -0.920. The van der Waals surface area contributed by atoms with E-state index in [-0.39, 0.29) is 24.8 Å². The van der Waals surface area contributed by atoms with Gasteiger partial charge in [0.25, 0.3) is 0 Å². The highest BCUT2D eigenvalue weighted by Crippen LogP contribution is 2.17. The van der Waals surface area contributed by atoms with Crippen molar-refractivity contribution in [3.8, 4) is 0 Å². The first-order valence-corrected chi connectivity index (χ1v) is 5.16. The van der Waals surface area contributed by atoms with Gasteiger partial charge in [-0.1, -0.05) is 11.6 Å². The third kappa shape index (κ3) is 5.81. The predicted molar refractivity (Wildman–Crippen MR) is 55.5 cm³/mol. The summed E-state index contributed by atoms with van der Waals surface area (Å²) in [5.74, 6) is 0. The Morgan fingerprint density at radius 3 is 2.47 bits per heavy atom. The molecule has 4 nitrogen and oxygen atoms in total. The molecular formula is C9H11ClF3N3O. The molecular weight excluding hydrogens is 259 g/mol. The van der Waals surface area contributed by atoms with Gasteiger partial charge in [0.15, 0.2) is 5.15 Å². The molecule has 1 aromatic heterocycles. The van der Waals surface area contributed by atoms with E-state index >= 15 is 0 Å². The lowest BCUT2D eigenvalue weighted by molar-refractivity contribution is -0.148. The topological polar surface area (TPSA) is 49.2 Å². The van der Waals surface area contributed by atoms with E-state index in [0.717, 1.165) is 4.90 Å². The Morgan fingerprint density at radius 1 is 1.29 bits per heavy atom. The van der Waals surface area contributed by atoms with Gasteiger partial charge in [-0.15, -0.1) is 5.10 Å². The Labute approximate surface area is 101 Å². The van der Waals surface area contributed by atoms with E-state index in [4.69, 9.17) is 16.7 Å². The lowest BCUT2D eigenvalue weighted by Crippen LogP contribution is -2.36. The van der Waals surface area contributed by atoms with Crippen LogP contribution in [0.25, 0.3) is 0 Å². The van der Waals surface area contributed by atoms with Crippen molar-refractivity contribution in [2.24, 2.45) is 0 Å². The number of rotatable bonds is 5. The van der Waals surface area contributed by atoms with Crippen LogP contribution in [0.2, 0.25) is 5.15 Å². The van der Waals surface area contributed by atoms with E-state index in [1.165, 1.54) is 12.1 Å². The van der Waals surface area contributed by atoms with E-state index in [2.05, 4.69) is 10.2 Å². The fourth-order valence-corrected chi connectivity index (χ4v) is 1.37. The van der Waals surface area contributed by atoms with Gasteiger partial charge in [0.2, 0.25) is 0 Å². The highest BCUT2D eigenvalue weighted by molar-refractivity contribution is 6.29. The second-order valence-corrected chi connectivity index (χ2v) is 3.78. The smallest absolute Gasteiger partial charge is 0.395 e. The molecule has 0 aliphatic heterocycles. The van der Waals surface area contributed by atoms with E-state index in [1.54, 1.807) is 0 Å². The summed E-state index contributed by atoms with van der Waals surface area (Å²) in [4.78, 5) is 1.04.